The summed E-state index contributed by atoms with van der Waals surface area (Å²) in [6, 6.07) is 6.32. The highest BCUT2D eigenvalue weighted by molar-refractivity contribution is 5.81. The van der Waals surface area contributed by atoms with Crippen LogP contribution in [-0.2, 0) is 16.0 Å². The van der Waals surface area contributed by atoms with Crippen LogP contribution in [-0.4, -0.2) is 29.2 Å². The standard InChI is InChI=1S/C15H18FNO2/c1-11(18)9-13-6-4-8-17(13)15(19)10-12-5-2-3-7-14(12)16/h2-3,5,7,13H,4,6,8-10H2,1H3. The summed E-state index contributed by atoms with van der Waals surface area (Å²) >= 11 is 0. The van der Waals surface area contributed by atoms with Crippen molar-refractivity contribution in [2.75, 3.05) is 6.54 Å². The van der Waals surface area contributed by atoms with Gasteiger partial charge in [0.1, 0.15) is 11.6 Å². The van der Waals surface area contributed by atoms with Crippen molar-refractivity contribution in [1.29, 1.82) is 0 Å². The zero-order chi connectivity index (χ0) is 13.8. The number of rotatable bonds is 4. The van der Waals surface area contributed by atoms with Gasteiger partial charge >= 0.3 is 0 Å². The quantitative estimate of drug-likeness (QED) is 0.836. The van der Waals surface area contributed by atoms with Crippen LogP contribution >= 0.6 is 0 Å². The van der Waals surface area contributed by atoms with Crippen molar-refractivity contribution in [1.82, 2.24) is 4.90 Å². The summed E-state index contributed by atoms with van der Waals surface area (Å²) < 4.78 is 13.5. The number of hydrogen-bond acceptors (Lipinski definition) is 2. The molecule has 0 N–H and O–H groups in total. The fourth-order valence-corrected chi connectivity index (χ4v) is 2.61. The number of hydrogen-bond donors (Lipinski definition) is 0. The summed E-state index contributed by atoms with van der Waals surface area (Å²) in [6.07, 6.45) is 2.26. The summed E-state index contributed by atoms with van der Waals surface area (Å²) in [5.74, 6) is -0.345. The molecule has 1 atom stereocenters. The van der Waals surface area contributed by atoms with E-state index >= 15 is 0 Å². The van der Waals surface area contributed by atoms with Gasteiger partial charge in [0.2, 0.25) is 5.91 Å². The average Bonchev–Trinajstić information content (AvgIpc) is 2.79. The second-order valence-electron chi connectivity index (χ2n) is 5.06. The molecule has 1 saturated heterocycles. The van der Waals surface area contributed by atoms with E-state index in [4.69, 9.17) is 0 Å². The molecule has 2 rings (SSSR count). The third-order valence-electron chi connectivity index (χ3n) is 3.52. The predicted molar refractivity (Wildman–Crippen MR) is 70.1 cm³/mol. The molecule has 1 aromatic rings. The van der Waals surface area contributed by atoms with Gasteiger partial charge in [0.05, 0.1) is 6.42 Å². The molecule has 102 valence electrons. The molecule has 1 aromatic carbocycles. The summed E-state index contributed by atoms with van der Waals surface area (Å²) in [6.45, 7) is 2.21. The summed E-state index contributed by atoms with van der Waals surface area (Å²) in [7, 11) is 0. The maximum Gasteiger partial charge on any atom is 0.227 e. The maximum absolute atomic E-state index is 13.5. The molecule has 4 heteroatoms. The smallest absolute Gasteiger partial charge is 0.227 e. The number of nitrogens with zero attached hydrogens (tertiary/aromatic N) is 1. The molecule has 1 amide bonds. The van der Waals surface area contributed by atoms with E-state index in [1.807, 2.05) is 0 Å². The van der Waals surface area contributed by atoms with Crippen molar-refractivity contribution in [2.24, 2.45) is 0 Å². The summed E-state index contributed by atoms with van der Waals surface area (Å²) in [5, 5.41) is 0. The van der Waals surface area contributed by atoms with E-state index < -0.39 is 0 Å². The lowest BCUT2D eigenvalue weighted by molar-refractivity contribution is -0.132. The van der Waals surface area contributed by atoms with Gasteiger partial charge in [-0.05, 0) is 31.4 Å². The molecule has 19 heavy (non-hydrogen) atoms. The van der Waals surface area contributed by atoms with Gasteiger partial charge in [0.25, 0.3) is 0 Å². The second-order valence-corrected chi connectivity index (χ2v) is 5.06. The van der Waals surface area contributed by atoms with Crippen molar-refractivity contribution in [2.45, 2.75) is 38.6 Å². The van der Waals surface area contributed by atoms with Gasteiger partial charge in [-0.25, -0.2) is 4.39 Å². The van der Waals surface area contributed by atoms with E-state index in [1.165, 1.54) is 13.0 Å². The van der Waals surface area contributed by atoms with Gasteiger partial charge in [-0.1, -0.05) is 18.2 Å². The van der Waals surface area contributed by atoms with Crippen molar-refractivity contribution < 1.29 is 14.0 Å². The molecule has 1 aliphatic heterocycles. The van der Waals surface area contributed by atoms with E-state index in [-0.39, 0.29) is 30.0 Å². The fourth-order valence-electron chi connectivity index (χ4n) is 2.61. The van der Waals surface area contributed by atoms with Gasteiger partial charge in [-0.3, -0.25) is 9.59 Å². The Morgan fingerprint density at radius 2 is 2.11 bits per heavy atom. The van der Waals surface area contributed by atoms with Gasteiger partial charge in [0, 0.05) is 19.0 Å². The second kappa shape index (κ2) is 5.95. The maximum atomic E-state index is 13.5. The van der Waals surface area contributed by atoms with Gasteiger partial charge < -0.3 is 4.90 Å². The molecular weight excluding hydrogens is 245 g/mol. The number of Topliss-reactive ketones (excluding diaryl/α,β-unsaturated/α-hetero) is 1. The highest BCUT2D eigenvalue weighted by Crippen LogP contribution is 2.22. The number of benzene rings is 1. The molecule has 0 radical (unpaired) electrons. The molecule has 0 bridgehead atoms. The first kappa shape index (κ1) is 13.7. The minimum Gasteiger partial charge on any atom is -0.339 e. The van der Waals surface area contributed by atoms with Crippen molar-refractivity contribution in [3.8, 4) is 0 Å². The largest absolute Gasteiger partial charge is 0.339 e. The number of amides is 1. The van der Waals surface area contributed by atoms with Crippen LogP contribution in [0.2, 0.25) is 0 Å². The number of halogens is 1. The Labute approximate surface area is 112 Å². The molecule has 1 fully saturated rings. The van der Waals surface area contributed by atoms with Crippen molar-refractivity contribution >= 4 is 11.7 Å². The Kier molecular flexibility index (Phi) is 4.30. The first-order chi connectivity index (χ1) is 9.08. The summed E-state index contributed by atoms with van der Waals surface area (Å²) in [5.41, 5.74) is 0.418. The van der Waals surface area contributed by atoms with Crippen LogP contribution < -0.4 is 0 Å². The number of carbonyl (C=O) groups is 2. The molecule has 1 heterocycles. The summed E-state index contributed by atoms with van der Waals surface area (Å²) in [4.78, 5) is 25.1. The van der Waals surface area contributed by atoms with Gasteiger partial charge in [-0.15, -0.1) is 0 Å². The Balaban J connectivity index is 2.03. The highest BCUT2D eigenvalue weighted by atomic mass is 19.1. The van der Waals surface area contributed by atoms with Crippen LogP contribution in [0, 0.1) is 5.82 Å². The van der Waals surface area contributed by atoms with Crippen molar-refractivity contribution in [3.63, 3.8) is 0 Å². The first-order valence-corrected chi connectivity index (χ1v) is 6.60. The molecule has 1 aliphatic rings. The van der Waals surface area contributed by atoms with Crippen LogP contribution in [0.3, 0.4) is 0 Å². The van der Waals surface area contributed by atoms with E-state index in [0.717, 1.165) is 12.8 Å². The normalized spacial score (nSPS) is 18.6. The molecular formula is C15H18FNO2. The first-order valence-electron chi connectivity index (χ1n) is 6.60. The lowest BCUT2D eigenvalue weighted by Gasteiger charge is -2.24. The monoisotopic (exact) mass is 263 g/mol. The highest BCUT2D eigenvalue weighted by Gasteiger charge is 2.29. The number of carbonyl (C=O) groups excluding carboxylic acids is 2. The third kappa shape index (κ3) is 3.40. The molecule has 3 nitrogen and oxygen atoms in total. The van der Waals surface area contributed by atoms with E-state index in [0.29, 0.717) is 18.5 Å². The zero-order valence-corrected chi connectivity index (χ0v) is 11.1. The Hall–Kier alpha value is -1.71. The minimum atomic E-state index is -0.349. The SMILES string of the molecule is CC(=O)CC1CCCN1C(=O)Cc1ccccc1F. The molecule has 1 unspecified atom stereocenters. The number of likely N-dealkylation sites (tertiary alicyclic amines) is 1. The van der Waals surface area contributed by atoms with Crippen LogP contribution in [0.25, 0.3) is 0 Å². The molecule has 0 aliphatic carbocycles. The molecule has 0 spiro atoms. The van der Waals surface area contributed by atoms with Gasteiger partial charge in [-0.2, -0.15) is 0 Å². The molecule has 0 saturated carbocycles. The van der Waals surface area contributed by atoms with E-state index in [9.17, 15) is 14.0 Å². The van der Waals surface area contributed by atoms with E-state index in [2.05, 4.69) is 0 Å². The molecule has 0 aromatic heterocycles. The van der Waals surface area contributed by atoms with Gasteiger partial charge in [0.15, 0.2) is 0 Å². The average molecular weight is 263 g/mol. The third-order valence-corrected chi connectivity index (χ3v) is 3.52. The zero-order valence-electron chi connectivity index (χ0n) is 11.1. The van der Waals surface area contributed by atoms with Crippen LogP contribution in [0.15, 0.2) is 24.3 Å². The predicted octanol–water partition coefficient (Wildman–Crippen LogP) is 2.34. The number of ketones is 1. The lowest BCUT2D eigenvalue weighted by atomic mass is 10.1. The Morgan fingerprint density at radius 3 is 2.79 bits per heavy atom. The van der Waals surface area contributed by atoms with Crippen molar-refractivity contribution in [3.05, 3.63) is 35.6 Å². The van der Waals surface area contributed by atoms with Crippen LogP contribution in [0.5, 0.6) is 0 Å². The van der Waals surface area contributed by atoms with Crippen LogP contribution in [0.1, 0.15) is 31.7 Å². The fraction of sp³-hybridized carbons (Fsp3) is 0.467. The lowest BCUT2D eigenvalue weighted by Crippen LogP contribution is -2.37. The van der Waals surface area contributed by atoms with E-state index in [1.54, 1.807) is 23.1 Å². The Morgan fingerprint density at radius 1 is 1.37 bits per heavy atom. The van der Waals surface area contributed by atoms with Crippen LogP contribution in [0.4, 0.5) is 4.39 Å². The minimum absolute atomic E-state index is 0.00299. The Bertz CT molecular complexity index is 487. The topological polar surface area (TPSA) is 37.4 Å².